The largest absolute Gasteiger partial charge is 0.380 e. The molecule has 0 amide bonds. The first-order valence-electron chi connectivity index (χ1n) is 6.36. The lowest BCUT2D eigenvalue weighted by molar-refractivity contribution is 1.10. The fourth-order valence-corrected chi connectivity index (χ4v) is 2.47. The number of hydrogen-bond acceptors (Lipinski definition) is 3. The van der Waals surface area contributed by atoms with Crippen LogP contribution in [0.2, 0.25) is 5.15 Å². The van der Waals surface area contributed by atoms with Crippen molar-refractivity contribution in [2.75, 3.05) is 5.32 Å². The number of benzene rings is 1. The number of H-pyrrole nitrogens is 1. The van der Waals surface area contributed by atoms with Crippen LogP contribution in [0.5, 0.6) is 0 Å². The van der Waals surface area contributed by atoms with Crippen LogP contribution in [0.1, 0.15) is 5.56 Å². The Balaban J connectivity index is 1.77. The molecule has 2 aromatic heterocycles. The highest BCUT2D eigenvalue weighted by molar-refractivity contribution is 9.10. The van der Waals surface area contributed by atoms with Gasteiger partial charge in [0.15, 0.2) is 0 Å². The molecular formula is C15H12BrClN4. The number of aromatic nitrogens is 3. The van der Waals surface area contributed by atoms with E-state index >= 15 is 0 Å². The van der Waals surface area contributed by atoms with E-state index in [0.717, 1.165) is 27.0 Å². The summed E-state index contributed by atoms with van der Waals surface area (Å²) >= 11 is 9.25. The highest BCUT2D eigenvalue weighted by Crippen LogP contribution is 2.25. The Morgan fingerprint density at radius 2 is 2.00 bits per heavy atom. The van der Waals surface area contributed by atoms with E-state index < -0.39 is 0 Å². The van der Waals surface area contributed by atoms with Gasteiger partial charge in [-0.3, -0.25) is 5.10 Å². The molecule has 0 aliphatic rings. The van der Waals surface area contributed by atoms with Crippen LogP contribution in [0.15, 0.2) is 53.3 Å². The van der Waals surface area contributed by atoms with Gasteiger partial charge >= 0.3 is 0 Å². The van der Waals surface area contributed by atoms with Crippen LogP contribution in [0, 0.1) is 0 Å². The predicted molar refractivity (Wildman–Crippen MR) is 88.3 cm³/mol. The number of pyridine rings is 1. The molecule has 3 aromatic rings. The van der Waals surface area contributed by atoms with Gasteiger partial charge in [0.2, 0.25) is 0 Å². The monoisotopic (exact) mass is 362 g/mol. The lowest BCUT2D eigenvalue weighted by Gasteiger charge is -2.07. The van der Waals surface area contributed by atoms with Crippen molar-refractivity contribution in [1.29, 1.82) is 0 Å². The molecular weight excluding hydrogens is 352 g/mol. The van der Waals surface area contributed by atoms with Gasteiger partial charge in [0, 0.05) is 12.1 Å². The standard InChI is InChI=1S/C15H12BrClN4/c16-13-6-12(9-19-15(13)17)18-7-11-8-20-21-14(11)10-4-2-1-3-5-10/h1-6,8-9,18H,7H2,(H,20,21). The first-order chi connectivity index (χ1) is 10.2. The normalized spacial score (nSPS) is 10.6. The molecule has 0 aliphatic carbocycles. The SMILES string of the molecule is Clc1ncc(NCc2cn[nH]c2-c2ccccc2)cc1Br. The Kier molecular flexibility index (Phi) is 4.22. The van der Waals surface area contributed by atoms with Gasteiger partial charge in [0.25, 0.3) is 0 Å². The third-order valence-electron chi connectivity index (χ3n) is 3.06. The predicted octanol–water partition coefficient (Wildman–Crippen LogP) is 4.50. The third-order valence-corrected chi connectivity index (χ3v) is 4.19. The minimum Gasteiger partial charge on any atom is -0.380 e. The highest BCUT2D eigenvalue weighted by Gasteiger charge is 2.07. The topological polar surface area (TPSA) is 53.6 Å². The lowest BCUT2D eigenvalue weighted by atomic mass is 10.1. The van der Waals surface area contributed by atoms with Crippen molar-refractivity contribution in [3.63, 3.8) is 0 Å². The zero-order valence-corrected chi connectivity index (χ0v) is 13.3. The van der Waals surface area contributed by atoms with Gasteiger partial charge in [-0.2, -0.15) is 5.10 Å². The van der Waals surface area contributed by atoms with E-state index in [-0.39, 0.29) is 0 Å². The molecule has 0 saturated heterocycles. The van der Waals surface area contributed by atoms with Crippen molar-refractivity contribution in [2.24, 2.45) is 0 Å². The molecule has 2 heterocycles. The molecule has 4 nitrogen and oxygen atoms in total. The number of aromatic amines is 1. The Labute approximate surface area is 135 Å². The van der Waals surface area contributed by atoms with Crippen LogP contribution in [0.25, 0.3) is 11.3 Å². The number of hydrogen-bond donors (Lipinski definition) is 2. The minimum absolute atomic E-state index is 0.453. The number of nitrogens with zero attached hydrogens (tertiary/aromatic N) is 2. The van der Waals surface area contributed by atoms with Crippen molar-refractivity contribution in [2.45, 2.75) is 6.54 Å². The fourth-order valence-electron chi connectivity index (χ4n) is 2.02. The number of nitrogens with one attached hydrogen (secondary N) is 2. The van der Waals surface area contributed by atoms with Gasteiger partial charge in [0.1, 0.15) is 5.15 Å². The van der Waals surface area contributed by atoms with Gasteiger partial charge in [-0.05, 0) is 27.6 Å². The molecule has 21 heavy (non-hydrogen) atoms. The molecule has 106 valence electrons. The van der Waals surface area contributed by atoms with Gasteiger partial charge in [-0.1, -0.05) is 41.9 Å². The molecule has 0 fully saturated rings. The first-order valence-corrected chi connectivity index (χ1v) is 7.54. The molecule has 0 unspecified atom stereocenters. The van der Waals surface area contributed by atoms with Crippen molar-refractivity contribution in [3.05, 3.63) is 64.0 Å². The zero-order valence-electron chi connectivity index (χ0n) is 11.0. The van der Waals surface area contributed by atoms with Crippen LogP contribution >= 0.6 is 27.5 Å². The molecule has 0 radical (unpaired) electrons. The summed E-state index contributed by atoms with van der Waals surface area (Å²) in [4.78, 5) is 4.09. The van der Waals surface area contributed by atoms with Crippen molar-refractivity contribution >= 4 is 33.2 Å². The number of rotatable bonds is 4. The summed E-state index contributed by atoms with van der Waals surface area (Å²) in [5, 5.41) is 10.9. The Hall–Kier alpha value is -1.85. The summed E-state index contributed by atoms with van der Waals surface area (Å²) in [5.74, 6) is 0. The van der Waals surface area contributed by atoms with E-state index in [4.69, 9.17) is 11.6 Å². The molecule has 0 saturated carbocycles. The maximum atomic E-state index is 5.88. The van der Waals surface area contributed by atoms with Crippen LogP contribution in [-0.2, 0) is 6.54 Å². The highest BCUT2D eigenvalue weighted by atomic mass is 79.9. The average Bonchev–Trinajstić information content (AvgIpc) is 2.98. The summed E-state index contributed by atoms with van der Waals surface area (Å²) in [6, 6.07) is 12.0. The van der Waals surface area contributed by atoms with Gasteiger partial charge in [0.05, 0.1) is 28.2 Å². The van der Waals surface area contributed by atoms with E-state index in [0.29, 0.717) is 11.7 Å². The Morgan fingerprint density at radius 1 is 1.19 bits per heavy atom. The van der Waals surface area contributed by atoms with Crippen LogP contribution in [0.3, 0.4) is 0 Å². The molecule has 0 aliphatic heterocycles. The second-order valence-corrected chi connectivity index (χ2v) is 5.70. The first kappa shape index (κ1) is 14.1. The lowest BCUT2D eigenvalue weighted by Crippen LogP contribution is -2.00. The van der Waals surface area contributed by atoms with Gasteiger partial charge in [-0.25, -0.2) is 4.98 Å². The minimum atomic E-state index is 0.453. The van der Waals surface area contributed by atoms with Crippen molar-refractivity contribution in [3.8, 4) is 11.3 Å². The van der Waals surface area contributed by atoms with Crippen LogP contribution in [0.4, 0.5) is 5.69 Å². The van der Waals surface area contributed by atoms with E-state index in [2.05, 4.69) is 48.6 Å². The smallest absolute Gasteiger partial charge is 0.143 e. The number of halogens is 2. The van der Waals surface area contributed by atoms with Crippen molar-refractivity contribution < 1.29 is 0 Å². The van der Waals surface area contributed by atoms with Crippen LogP contribution < -0.4 is 5.32 Å². The second-order valence-electron chi connectivity index (χ2n) is 4.49. The van der Waals surface area contributed by atoms with E-state index in [9.17, 15) is 0 Å². The van der Waals surface area contributed by atoms with E-state index in [1.54, 1.807) is 6.20 Å². The molecule has 2 N–H and O–H groups in total. The quantitative estimate of drug-likeness (QED) is 0.671. The van der Waals surface area contributed by atoms with Crippen molar-refractivity contribution in [1.82, 2.24) is 15.2 Å². The third kappa shape index (κ3) is 3.25. The molecule has 6 heteroatoms. The number of anilines is 1. The summed E-state index contributed by atoms with van der Waals surface area (Å²) in [6.45, 7) is 0.649. The molecule has 0 bridgehead atoms. The second kappa shape index (κ2) is 6.28. The summed E-state index contributed by atoms with van der Waals surface area (Å²) in [7, 11) is 0. The van der Waals surface area contributed by atoms with E-state index in [1.807, 2.05) is 30.5 Å². The fraction of sp³-hybridized carbons (Fsp3) is 0.0667. The van der Waals surface area contributed by atoms with E-state index in [1.165, 1.54) is 0 Å². The Morgan fingerprint density at radius 3 is 2.76 bits per heavy atom. The molecule has 3 rings (SSSR count). The maximum Gasteiger partial charge on any atom is 0.143 e. The summed E-state index contributed by atoms with van der Waals surface area (Å²) < 4.78 is 0.768. The zero-order chi connectivity index (χ0) is 14.7. The maximum absolute atomic E-state index is 5.88. The summed E-state index contributed by atoms with van der Waals surface area (Å²) in [5.41, 5.74) is 4.12. The molecule has 0 atom stereocenters. The van der Waals surface area contributed by atoms with Gasteiger partial charge in [-0.15, -0.1) is 0 Å². The Bertz CT molecular complexity index is 742. The molecule has 0 spiro atoms. The average molecular weight is 364 g/mol. The van der Waals surface area contributed by atoms with Gasteiger partial charge < -0.3 is 5.32 Å². The molecule has 1 aromatic carbocycles. The summed E-state index contributed by atoms with van der Waals surface area (Å²) in [6.07, 6.45) is 3.53. The van der Waals surface area contributed by atoms with Crippen LogP contribution in [-0.4, -0.2) is 15.2 Å².